The molecule has 0 radical (unpaired) electrons. The molecule has 0 aliphatic heterocycles. The topological polar surface area (TPSA) is 40.5 Å². The molecule has 0 aromatic heterocycles. The SMILES string of the molecule is CSCCC(C)N(C)C(=O)c1ccc(C#CCO)c(C)c1. The van der Waals surface area contributed by atoms with Gasteiger partial charge < -0.3 is 10.0 Å². The molecule has 0 heterocycles. The van der Waals surface area contributed by atoms with Crippen LogP contribution in [0.25, 0.3) is 0 Å². The summed E-state index contributed by atoms with van der Waals surface area (Å²) in [6, 6.07) is 5.72. The number of rotatable bonds is 5. The summed E-state index contributed by atoms with van der Waals surface area (Å²) in [6.45, 7) is 3.84. The van der Waals surface area contributed by atoms with Gasteiger partial charge in [-0.15, -0.1) is 0 Å². The minimum absolute atomic E-state index is 0.0355. The monoisotopic (exact) mass is 305 g/mol. The lowest BCUT2D eigenvalue weighted by molar-refractivity contribution is 0.0741. The summed E-state index contributed by atoms with van der Waals surface area (Å²) in [5.41, 5.74) is 2.48. The lowest BCUT2D eigenvalue weighted by Gasteiger charge is -2.25. The van der Waals surface area contributed by atoms with Crippen molar-refractivity contribution in [1.82, 2.24) is 4.90 Å². The van der Waals surface area contributed by atoms with Crippen LogP contribution in [0, 0.1) is 18.8 Å². The molecular weight excluding hydrogens is 282 g/mol. The highest BCUT2D eigenvalue weighted by Crippen LogP contribution is 2.14. The predicted molar refractivity (Wildman–Crippen MR) is 89.7 cm³/mol. The molecule has 0 aliphatic rings. The smallest absolute Gasteiger partial charge is 0.253 e. The summed E-state index contributed by atoms with van der Waals surface area (Å²) in [6.07, 6.45) is 3.06. The van der Waals surface area contributed by atoms with Crippen molar-refractivity contribution in [3.8, 4) is 11.8 Å². The summed E-state index contributed by atoms with van der Waals surface area (Å²) in [5.74, 6) is 6.59. The average molecular weight is 305 g/mol. The number of carbonyl (C=O) groups is 1. The van der Waals surface area contributed by atoms with E-state index in [1.165, 1.54) is 0 Å². The third kappa shape index (κ3) is 5.11. The Morgan fingerprint density at radius 3 is 2.76 bits per heavy atom. The van der Waals surface area contributed by atoms with Crippen molar-refractivity contribution in [3.05, 3.63) is 34.9 Å². The molecule has 1 unspecified atom stereocenters. The Labute approximate surface area is 131 Å². The second-order valence-corrected chi connectivity index (χ2v) is 6.02. The number of aliphatic hydroxyl groups is 1. The van der Waals surface area contributed by atoms with E-state index in [2.05, 4.69) is 25.0 Å². The molecule has 1 rings (SSSR count). The molecule has 1 aromatic rings. The number of hydrogen-bond donors (Lipinski definition) is 1. The highest BCUT2D eigenvalue weighted by Gasteiger charge is 2.17. The van der Waals surface area contributed by atoms with Crippen LogP contribution in [0.15, 0.2) is 18.2 Å². The quantitative estimate of drug-likeness (QED) is 0.850. The number of amides is 1. The first kappa shape index (κ1) is 17.6. The molecule has 3 nitrogen and oxygen atoms in total. The number of aliphatic hydroxyl groups excluding tert-OH is 1. The van der Waals surface area contributed by atoms with Crippen molar-refractivity contribution in [1.29, 1.82) is 0 Å². The maximum absolute atomic E-state index is 12.5. The molecule has 0 saturated heterocycles. The molecule has 0 fully saturated rings. The third-order valence-electron chi connectivity index (χ3n) is 3.50. The lowest BCUT2D eigenvalue weighted by Crippen LogP contribution is -2.35. The molecule has 0 saturated carbocycles. The summed E-state index contributed by atoms with van der Waals surface area (Å²) >= 11 is 1.79. The third-order valence-corrected chi connectivity index (χ3v) is 4.14. The Hall–Kier alpha value is -1.44. The number of benzene rings is 1. The van der Waals surface area contributed by atoms with E-state index < -0.39 is 0 Å². The van der Waals surface area contributed by atoms with Gasteiger partial charge >= 0.3 is 0 Å². The van der Waals surface area contributed by atoms with Crippen molar-refractivity contribution >= 4 is 17.7 Å². The predicted octanol–water partition coefficient (Wildman–Crippen LogP) is 2.55. The Balaban J connectivity index is 2.85. The van der Waals surface area contributed by atoms with Crippen LogP contribution < -0.4 is 0 Å². The van der Waals surface area contributed by atoms with E-state index in [1.54, 1.807) is 22.7 Å². The van der Waals surface area contributed by atoms with Gasteiger partial charge in [0.1, 0.15) is 6.61 Å². The van der Waals surface area contributed by atoms with E-state index in [0.717, 1.165) is 23.3 Å². The van der Waals surface area contributed by atoms with Crippen LogP contribution in [-0.2, 0) is 0 Å². The minimum atomic E-state index is -0.157. The average Bonchev–Trinajstić information content (AvgIpc) is 2.49. The standard InChI is InChI=1S/C17H23NO2S/c1-13-12-16(8-7-15(13)6-5-10-19)17(20)18(3)14(2)9-11-21-4/h7-8,12,14,19H,9-11H2,1-4H3. The number of nitrogens with zero attached hydrogens (tertiary/aromatic N) is 1. The van der Waals surface area contributed by atoms with Crippen molar-refractivity contribution in [2.75, 3.05) is 25.7 Å². The normalized spacial score (nSPS) is 11.5. The van der Waals surface area contributed by atoms with Crippen LogP contribution >= 0.6 is 11.8 Å². The van der Waals surface area contributed by atoms with Gasteiger partial charge in [-0.3, -0.25) is 4.79 Å². The van der Waals surface area contributed by atoms with Crippen LogP contribution in [0.5, 0.6) is 0 Å². The van der Waals surface area contributed by atoms with E-state index in [1.807, 2.05) is 26.1 Å². The van der Waals surface area contributed by atoms with Crippen molar-refractivity contribution in [2.45, 2.75) is 26.3 Å². The van der Waals surface area contributed by atoms with Gasteiger partial charge in [-0.1, -0.05) is 11.8 Å². The minimum Gasteiger partial charge on any atom is -0.384 e. The maximum atomic E-state index is 12.5. The van der Waals surface area contributed by atoms with Gasteiger partial charge in [0, 0.05) is 24.2 Å². The summed E-state index contributed by atoms with van der Waals surface area (Å²) in [5, 5.41) is 8.73. The Morgan fingerprint density at radius 2 is 2.19 bits per heavy atom. The van der Waals surface area contributed by atoms with Gasteiger partial charge in [0.15, 0.2) is 0 Å². The van der Waals surface area contributed by atoms with Crippen molar-refractivity contribution in [2.24, 2.45) is 0 Å². The zero-order chi connectivity index (χ0) is 15.8. The highest BCUT2D eigenvalue weighted by atomic mass is 32.2. The molecule has 1 amide bonds. The van der Waals surface area contributed by atoms with Crippen LogP contribution in [0.2, 0.25) is 0 Å². The van der Waals surface area contributed by atoms with Crippen molar-refractivity contribution in [3.63, 3.8) is 0 Å². The molecule has 0 spiro atoms. The van der Waals surface area contributed by atoms with E-state index in [4.69, 9.17) is 5.11 Å². The molecule has 114 valence electrons. The first-order valence-electron chi connectivity index (χ1n) is 6.97. The number of thioether (sulfide) groups is 1. The molecule has 1 atom stereocenters. The molecule has 0 bridgehead atoms. The molecule has 21 heavy (non-hydrogen) atoms. The van der Waals surface area contributed by atoms with Gasteiger partial charge in [0.25, 0.3) is 5.91 Å². The molecule has 1 aromatic carbocycles. The summed E-state index contributed by atoms with van der Waals surface area (Å²) in [7, 11) is 1.85. The van der Waals surface area contributed by atoms with Gasteiger partial charge in [-0.05, 0) is 56.0 Å². The second-order valence-electron chi connectivity index (χ2n) is 5.04. The van der Waals surface area contributed by atoms with Gasteiger partial charge in [-0.2, -0.15) is 11.8 Å². The fourth-order valence-corrected chi connectivity index (χ4v) is 2.53. The maximum Gasteiger partial charge on any atom is 0.253 e. The first-order chi connectivity index (χ1) is 10.0. The van der Waals surface area contributed by atoms with E-state index in [0.29, 0.717) is 5.56 Å². The van der Waals surface area contributed by atoms with Crippen LogP contribution in [0.1, 0.15) is 34.8 Å². The van der Waals surface area contributed by atoms with Crippen LogP contribution in [-0.4, -0.2) is 47.6 Å². The van der Waals surface area contributed by atoms with E-state index in [9.17, 15) is 4.79 Å². The fourth-order valence-electron chi connectivity index (χ4n) is 1.96. The Bertz CT molecular complexity index is 545. The molecule has 0 aliphatic carbocycles. The van der Waals surface area contributed by atoms with Crippen LogP contribution in [0.3, 0.4) is 0 Å². The van der Waals surface area contributed by atoms with E-state index in [-0.39, 0.29) is 18.6 Å². The van der Waals surface area contributed by atoms with Gasteiger partial charge in [-0.25, -0.2) is 0 Å². The number of hydrogen-bond acceptors (Lipinski definition) is 3. The highest BCUT2D eigenvalue weighted by molar-refractivity contribution is 7.98. The first-order valence-corrected chi connectivity index (χ1v) is 8.37. The van der Waals surface area contributed by atoms with Gasteiger partial charge in [0.05, 0.1) is 0 Å². The summed E-state index contributed by atoms with van der Waals surface area (Å²) in [4.78, 5) is 14.3. The van der Waals surface area contributed by atoms with Crippen molar-refractivity contribution < 1.29 is 9.90 Å². The Kier molecular flexibility index (Phi) is 7.35. The van der Waals surface area contributed by atoms with Gasteiger partial charge in [0.2, 0.25) is 0 Å². The zero-order valence-corrected chi connectivity index (χ0v) is 14.0. The number of carbonyl (C=O) groups excluding carboxylic acids is 1. The lowest BCUT2D eigenvalue weighted by atomic mass is 10.0. The zero-order valence-electron chi connectivity index (χ0n) is 13.1. The molecule has 1 N–H and O–H groups in total. The number of aryl methyl sites for hydroxylation is 1. The van der Waals surface area contributed by atoms with Crippen LogP contribution in [0.4, 0.5) is 0 Å². The van der Waals surface area contributed by atoms with E-state index >= 15 is 0 Å². The fraction of sp³-hybridized carbons (Fsp3) is 0.471. The second kappa shape index (κ2) is 8.76. The largest absolute Gasteiger partial charge is 0.384 e. The Morgan fingerprint density at radius 1 is 1.48 bits per heavy atom. The molecular formula is C17H23NO2S. The molecule has 4 heteroatoms. The summed E-state index contributed by atoms with van der Waals surface area (Å²) < 4.78 is 0.